The van der Waals surface area contributed by atoms with E-state index >= 15 is 0 Å². The molecule has 0 unspecified atom stereocenters. The molecule has 4 N–H and O–H groups in total. The van der Waals surface area contributed by atoms with Crippen molar-refractivity contribution in [2.75, 3.05) is 63.2 Å². The first kappa shape index (κ1) is 34.6. The Balaban J connectivity index is 0.000000138. The third kappa shape index (κ3) is 7.22. The molecule has 1 aliphatic carbocycles. The summed E-state index contributed by atoms with van der Waals surface area (Å²) in [6.45, 7) is 5.51. The standard InChI is InChI=1S/C16H17BrClN5.C13H16BrN.C4H3Cl2N3/c1-22-5-4-16(8-22)9-23(13-6-10(17)2-3-11(13)16)14-12(18)7-20-15(19)21-14;1-15-7-6-13(9-15)5-4-10-8-11(14)2-3-12(10)13;5-2-1-8-4(7)9-3(2)6/h2-3,6-7H,4-5,8-9H2,1H3,(H2,19,20,21);2-3,8H,4-7,9H2,1H3;1H,(H2,7,8,9)/t16-;13-;/m00./s1. The highest BCUT2D eigenvalue weighted by Crippen LogP contribution is 2.50. The molecule has 248 valence electrons. The highest BCUT2D eigenvalue weighted by atomic mass is 79.9. The third-order valence-electron chi connectivity index (χ3n) is 9.60. The van der Waals surface area contributed by atoms with Gasteiger partial charge in [0.15, 0.2) is 11.0 Å². The van der Waals surface area contributed by atoms with Crippen LogP contribution in [-0.2, 0) is 17.3 Å². The number of benzene rings is 2. The fourth-order valence-electron chi connectivity index (χ4n) is 7.49. The quantitative estimate of drug-likeness (QED) is 0.188. The first-order valence-corrected chi connectivity index (χ1v) is 18.1. The summed E-state index contributed by atoms with van der Waals surface area (Å²) in [7, 11) is 4.41. The Kier molecular flexibility index (Phi) is 10.3. The molecule has 2 fully saturated rings. The smallest absolute Gasteiger partial charge is 0.222 e. The number of likely N-dealkylation sites (tertiary alicyclic amines) is 2. The molecule has 0 bridgehead atoms. The molecule has 2 saturated heterocycles. The summed E-state index contributed by atoms with van der Waals surface area (Å²) in [5.74, 6) is 1.06. The number of nitrogen functional groups attached to an aromatic ring is 2. The molecule has 8 rings (SSSR count). The summed E-state index contributed by atoms with van der Waals surface area (Å²) < 4.78 is 2.27. The average Bonchev–Trinajstić information content (AvgIpc) is 3.78. The van der Waals surface area contributed by atoms with Crippen molar-refractivity contribution in [3.05, 3.63) is 89.6 Å². The van der Waals surface area contributed by atoms with Crippen LogP contribution in [-0.4, -0.2) is 76.6 Å². The second-order valence-electron chi connectivity index (χ2n) is 12.9. The lowest BCUT2D eigenvalue weighted by Crippen LogP contribution is -2.34. The fourth-order valence-corrected chi connectivity index (χ4v) is 8.66. The van der Waals surface area contributed by atoms with E-state index in [-0.39, 0.29) is 22.5 Å². The van der Waals surface area contributed by atoms with Crippen LogP contribution >= 0.6 is 66.7 Å². The van der Waals surface area contributed by atoms with Crippen LogP contribution in [0.15, 0.2) is 57.7 Å². The largest absolute Gasteiger partial charge is 0.368 e. The minimum atomic E-state index is 0.119. The van der Waals surface area contributed by atoms with E-state index in [1.165, 1.54) is 48.6 Å². The van der Waals surface area contributed by atoms with Crippen LogP contribution in [0.3, 0.4) is 0 Å². The van der Waals surface area contributed by atoms with Gasteiger partial charge in [-0.25, -0.2) is 9.97 Å². The van der Waals surface area contributed by atoms with Crippen molar-refractivity contribution >= 4 is 90.1 Å². The maximum Gasteiger partial charge on any atom is 0.222 e. The van der Waals surface area contributed by atoms with E-state index in [4.69, 9.17) is 46.3 Å². The number of aryl methyl sites for hydroxylation is 1. The van der Waals surface area contributed by atoms with Gasteiger partial charge in [0.1, 0.15) is 5.02 Å². The number of likely N-dealkylation sites (N-methyl/N-ethyl adjacent to an activating group) is 2. The van der Waals surface area contributed by atoms with E-state index in [1.807, 2.05) is 0 Å². The van der Waals surface area contributed by atoms with Gasteiger partial charge in [-0.05, 0) is 93.8 Å². The molecule has 0 saturated carbocycles. The Labute approximate surface area is 307 Å². The van der Waals surface area contributed by atoms with Crippen LogP contribution in [0.4, 0.5) is 23.4 Å². The van der Waals surface area contributed by atoms with E-state index in [0.29, 0.717) is 21.3 Å². The van der Waals surface area contributed by atoms with E-state index in [1.54, 1.807) is 17.3 Å². The van der Waals surface area contributed by atoms with Crippen LogP contribution in [0, 0.1) is 0 Å². The summed E-state index contributed by atoms with van der Waals surface area (Å²) >= 11 is 24.4. The summed E-state index contributed by atoms with van der Waals surface area (Å²) in [5.41, 5.74) is 17.3. The highest BCUT2D eigenvalue weighted by molar-refractivity contribution is 9.10. The lowest BCUT2D eigenvalue weighted by atomic mass is 9.81. The number of halogens is 5. The summed E-state index contributed by atoms with van der Waals surface area (Å²) in [6, 6.07) is 13.3. The number of hydrogen-bond acceptors (Lipinski definition) is 9. The highest BCUT2D eigenvalue weighted by Gasteiger charge is 2.47. The maximum absolute atomic E-state index is 6.36. The number of anilines is 4. The van der Waals surface area contributed by atoms with Crippen molar-refractivity contribution in [3.63, 3.8) is 0 Å². The van der Waals surface area contributed by atoms with Gasteiger partial charge < -0.3 is 26.2 Å². The van der Waals surface area contributed by atoms with Gasteiger partial charge in [0.25, 0.3) is 0 Å². The van der Waals surface area contributed by atoms with Gasteiger partial charge in [0.05, 0.1) is 17.4 Å². The molecule has 5 heterocycles. The van der Waals surface area contributed by atoms with Crippen molar-refractivity contribution < 1.29 is 0 Å². The second-order valence-corrected chi connectivity index (χ2v) is 15.9. The molecule has 2 spiro atoms. The maximum atomic E-state index is 6.36. The molecular formula is C33H36Br2Cl3N9. The predicted molar refractivity (Wildman–Crippen MR) is 199 cm³/mol. The van der Waals surface area contributed by atoms with E-state index in [2.05, 4.69) is 117 Å². The lowest BCUT2D eigenvalue weighted by Gasteiger charge is -2.25. The van der Waals surface area contributed by atoms with Gasteiger partial charge in [0, 0.05) is 45.1 Å². The van der Waals surface area contributed by atoms with Crippen LogP contribution in [0.25, 0.3) is 0 Å². The normalized spacial score (nSPS) is 23.0. The predicted octanol–water partition coefficient (Wildman–Crippen LogP) is 7.53. The third-order valence-corrected chi connectivity index (χ3v) is 11.5. The molecule has 2 aromatic heterocycles. The summed E-state index contributed by atoms with van der Waals surface area (Å²) in [5, 5.41) is 1.02. The Morgan fingerprint density at radius 2 is 1.32 bits per heavy atom. The van der Waals surface area contributed by atoms with E-state index in [0.717, 1.165) is 36.2 Å². The molecule has 4 aliphatic rings. The van der Waals surface area contributed by atoms with Crippen molar-refractivity contribution in [2.45, 2.75) is 36.5 Å². The molecule has 2 atom stereocenters. The Morgan fingerprint density at radius 1 is 0.723 bits per heavy atom. The number of rotatable bonds is 1. The molecule has 0 amide bonds. The van der Waals surface area contributed by atoms with E-state index in [9.17, 15) is 0 Å². The van der Waals surface area contributed by atoms with Gasteiger partial charge in [-0.1, -0.05) is 78.8 Å². The molecule has 0 radical (unpaired) electrons. The first-order chi connectivity index (χ1) is 22.4. The van der Waals surface area contributed by atoms with Gasteiger partial charge in [-0.15, -0.1) is 0 Å². The summed E-state index contributed by atoms with van der Waals surface area (Å²) in [4.78, 5) is 22.6. The van der Waals surface area contributed by atoms with Crippen molar-refractivity contribution in [3.8, 4) is 0 Å². The Bertz CT molecular complexity index is 1800. The number of hydrogen-bond donors (Lipinski definition) is 2. The molecule has 2 aromatic carbocycles. The molecular weight excluding hydrogens is 789 g/mol. The number of nitrogens with two attached hydrogens (primary N) is 2. The van der Waals surface area contributed by atoms with Gasteiger partial charge >= 0.3 is 0 Å². The minimum Gasteiger partial charge on any atom is -0.368 e. The molecule has 47 heavy (non-hydrogen) atoms. The average molecular weight is 825 g/mol. The zero-order valence-corrected chi connectivity index (χ0v) is 31.6. The van der Waals surface area contributed by atoms with Gasteiger partial charge in [-0.3, -0.25) is 0 Å². The topological polar surface area (TPSA) is 113 Å². The van der Waals surface area contributed by atoms with Crippen LogP contribution in [0.5, 0.6) is 0 Å². The Hall–Kier alpha value is -2.25. The number of nitrogens with zero attached hydrogens (tertiary/aromatic N) is 7. The van der Waals surface area contributed by atoms with Crippen molar-refractivity contribution in [1.82, 2.24) is 29.7 Å². The van der Waals surface area contributed by atoms with Crippen LogP contribution in [0.2, 0.25) is 15.2 Å². The van der Waals surface area contributed by atoms with Gasteiger partial charge in [-0.2, -0.15) is 9.97 Å². The lowest BCUT2D eigenvalue weighted by molar-refractivity contribution is 0.366. The SMILES string of the molecule is CN1CC[C@@]2(CCc3cc(Br)ccc32)C1.CN1CC[C@]2(C1)CN(c1nc(N)ncc1Cl)c1cc(Br)ccc12.Nc1ncc(Cl)c(Cl)n1. The molecule has 4 aromatic rings. The monoisotopic (exact) mass is 821 g/mol. The number of fused-ring (bicyclic) bond motifs is 4. The second kappa shape index (κ2) is 13.9. The Morgan fingerprint density at radius 3 is 1.94 bits per heavy atom. The number of aromatic nitrogens is 4. The van der Waals surface area contributed by atoms with Crippen molar-refractivity contribution in [2.24, 2.45) is 0 Å². The molecule has 3 aliphatic heterocycles. The van der Waals surface area contributed by atoms with Gasteiger partial charge in [0.2, 0.25) is 11.9 Å². The summed E-state index contributed by atoms with van der Waals surface area (Å²) in [6.07, 6.45) is 8.02. The van der Waals surface area contributed by atoms with Crippen LogP contribution in [0.1, 0.15) is 36.0 Å². The first-order valence-electron chi connectivity index (χ1n) is 15.3. The minimum absolute atomic E-state index is 0.119. The van der Waals surface area contributed by atoms with E-state index < -0.39 is 0 Å². The van der Waals surface area contributed by atoms with Crippen molar-refractivity contribution in [1.29, 1.82) is 0 Å². The molecule has 9 nitrogen and oxygen atoms in total. The zero-order valence-electron chi connectivity index (χ0n) is 26.2. The fraction of sp³-hybridized carbons (Fsp3) is 0.394. The zero-order chi connectivity index (χ0) is 33.5. The van der Waals surface area contributed by atoms with Crippen LogP contribution < -0.4 is 16.4 Å². The molecule has 14 heteroatoms.